The van der Waals surface area contributed by atoms with E-state index in [9.17, 15) is 4.79 Å². The molecule has 114 valence electrons. The molecule has 21 heavy (non-hydrogen) atoms. The SMILES string of the molecule is CN1CC[C@@H](Oc2cc(C(=O)N3CCCC3)ccc2N)C1. The Hall–Kier alpha value is -1.75. The standard InChI is InChI=1S/C16H23N3O2/c1-18-9-6-13(11-18)21-15-10-12(4-5-14(15)17)16(20)19-7-2-3-8-19/h4-5,10,13H,2-3,6-9,11,17H2,1H3/t13-/m1/s1. The van der Waals surface area contributed by atoms with Crippen molar-refractivity contribution in [2.24, 2.45) is 0 Å². The van der Waals surface area contributed by atoms with Crippen molar-refractivity contribution < 1.29 is 9.53 Å². The molecule has 0 radical (unpaired) electrons. The van der Waals surface area contributed by atoms with Crippen LogP contribution in [0.15, 0.2) is 18.2 Å². The molecule has 2 aliphatic heterocycles. The van der Waals surface area contributed by atoms with Gasteiger partial charge in [0.15, 0.2) is 0 Å². The first kappa shape index (κ1) is 14.2. The number of rotatable bonds is 3. The van der Waals surface area contributed by atoms with Crippen LogP contribution in [0.25, 0.3) is 0 Å². The Kier molecular flexibility index (Phi) is 4.01. The number of likely N-dealkylation sites (tertiary alicyclic amines) is 2. The van der Waals surface area contributed by atoms with Crippen LogP contribution in [0.3, 0.4) is 0 Å². The van der Waals surface area contributed by atoms with Crippen molar-refractivity contribution in [3.05, 3.63) is 23.8 Å². The second-order valence-corrected chi connectivity index (χ2v) is 6.04. The summed E-state index contributed by atoms with van der Waals surface area (Å²) in [7, 11) is 2.08. The summed E-state index contributed by atoms with van der Waals surface area (Å²) in [4.78, 5) is 16.6. The molecule has 0 bridgehead atoms. The summed E-state index contributed by atoms with van der Waals surface area (Å²) in [6.45, 7) is 3.65. The zero-order valence-corrected chi connectivity index (χ0v) is 12.5. The van der Waals surface area contributed by atoms with E-state index in [-0.39, 0.29) is 12.0 Å². The van der Waals surface area contributed by atoms with Gasteiger partial charge in [-0.1, -0.05) is 0 Å². The Morgan fingerprint density at radius 2 is 2.05 bits per heavy atom. The molecular formula is C16H23N3O2. The van der Waals surface area contributed by atoms with Gasteiger partial charge >= 0.3 is 0 Å². The van der Waals surface area contributed by atoms with Crippen LogP contribution >= 0.6 is 0 Å². The first-order valence-electron chi connectivity index (χ1n) is 7.67. The minimum absolute atomic E-state index is 0.0842. The maximum atomic E-state index is 12.4. The lowest BCUT2D eigenvalue weighted by molar-refractivity contribution is 0.0792. The van der Waals surface area contributed by atoms with E-state index in [0.717, 1.165) is 45.4 Å². The number of likely N-dealkylation sites (N-methyl/N-ethyl adjacent to an activating group) is 1. The third-order valence-electron chi connectivity index (χ3n) is 4.30. The minimum Gasteiger partial charge on any atom is -0.487 e. The highest BCUT2D eigenvalue weighted by Gasteiger charge is 2.23. The van der Waals surface area contributed by atoms with Crippen molar-refractivity contribution >= 4 is 11.6 Å². The molecule has 0 spiro atoms. The lowest BCUT2D eigenvalue weighted by Gasteiger charge is -2.18. The predicted octanol–water partition coefficient (Wildman–Crippen LogP) is 1.59. The van der Waals surface area contributed by atoms with Crippen molar-refractivity contribution in [3.8, 4) is 5.75 Å². The van der Waals surface area contributed by atoms with E-state index in [1.807, 2.05) is 4.90 Å². The quantitative estimate of drug-likeness (QED) is 0.859. The van der Waals surface area contributed by atoms with Gasteiger partial charge in [-0.3, -0.25) is 4.79 Å². The van der Waals surface area contributed by atoms with Crippen LogP contribution in [0.1, 0.15) is 29.6 Å². The summed E-state index contributed by atoms with van der Waals surface area (Å²) in [5.74, 6) is 0.723. The maximum Gasteiger partial charge on any atom is 0.253 e. The summed E-state index contributed by atoms with van der Waals surface area (Å²) < 4.78 is 5.99. The molecule has 2 aliphatic rings. The lowest BCUT2D eigenvalue weighted by Crippen LogP contribution is -2.27. The van der Waals surface area contributed by atoms with E-state index < -0.39 is 0 Å². The predicted molar refractivity (Wildman–Crippen MR) is 82.5 cm³/mol. The molecule has 0 unspecified atom stereocenters. The number of ether oxygens (including phenoxy) is 1. The number of amides is 1. The number of carbonyl (C=O) groups excluding carboxylic acids is 1. The Labute approximate surface area is 125 Å². The van der Waals surface area contributed by atoms with Crippen LogP contribution in [0.5, 0.6) is 5.75 Å². The lowest BCUT2D eigenvalue weighted by atomic mass is 10.1. The highest BCUT2D eigenvalue weighted by Crippen LogP contribution is 2.27. The van der Waals surface area contributed by atoms with Gasteiger partial charge in [0.2, 0.25) is 0 Å². The van der Waals surface area contributed by atoms with Gasteiger partial charge in [0.25, 0.3) is 5.91 Å². The van der Waals surface area contributed by atoms with Crippen LogP contribution in [0.2, 0.25) is 0 Å². The monoisotopic (exact) mass is 289 g/mol. The molecular weight excluding hydrogens is 266 g/mol. The van der Waals surface area contributed by atoms with E-state index in [1.54, 1.807) is 18.2 Å². The largest absolute Gasteiger partial charge is 0.487 e. The number of nitrogens with two attached hydrogens (primary N) is 1. The zero-order chi connectivity index (χ0) is 14.8. The van der Waals surface area contributed by atoms with Gasteiger partial charge < -0.3 is 20.3 Å². The number of hydrogen-bond acceptors (Lipinski definition) is 4. The zero-order valence-electron chi connectivity index (χ0n) is 12.5. The van der Waals surface area contributed by atoms with Crippen molar-refractivity contribution in [1.82, 2.24) is 9.80 Å². The number of anilines is 1. The number of hydrogen-bond donors (Lipinski definition) is 1. The molecule has 0 saturated carbocycles. The first-order chi connectivity index (χ1) is 10.1. The summed E-state index contributed by atoms with van der Waals surface area (Å²) in [5.41, 5.74) is 7.27. The van der Waals surface area contributed by atoms with Crippen LogP contribution < -0.4 is 10.5 Å². The van der Waals surface area contributed by atoms with Gasteiger partial charge in [-0.15, -0.1) is 0 Å². The second kappa shape index (κ2) is 5.93. The highest BCUT2D eigenvalue weighted by atomic mass is 16.5. The molecule has 2 N–H and O–H groups in total. The smallest absolute Gasteiger partial charge is 0.253 e. The Morgan fingerprint density at radius 3 is 2.71 bits per heavy atom. The molecule has 1 aromatic rings. The molecule has 5 heteroatoms. The Bertz CT molecular complexity index is 526. The molecule has 1 aromatic carbocycles. The van der Waals surface area contributed by atoms with Gasteiger partial charge in [0.1, 0.15) is 11.9 Å². The van der Waals surface area contributed by atoms with Crippen LogP contribution in [-0.2, 0) is 0 Å². The normalized spacial score (nSPS) is 22.7. The number of benzene rings is 1. The van der Waals surface area contributed by atoms with Crippen molar-refractivity contribution in [3.63, 3.8) is 0 Å². The Balaban J connectivity index is 1.74. The molecule has 2 fully saturated rings. The van der Waals surface area contributed by atoms with Gasteiger partial charge in [0.05, 0.1) is 5.69 Å². The second-order valence-electron chi connectivity index (χ2n) is 6.04. The number of nitrogen functional groups attached to an aromatic ring is 1. The molecule has 3 rings (SSSR count). The third kappa shape index (κ3) is 3.13. The van der Waals surface area contributed by atoms with Gasteiger partial charge in [-0.05, 0) is 44.5 Å². The minimum atomic E-state index is 0.0842. The maximum absolute atomic E-state index is 12.4. The molecule has 2 heterocycles. The van der Waals surface area contributed by atoms with E-state index >= 15 is 0 Å². The van der Waals surface area contributed by atoms with Gasteiger partial charge in [-0.25, -0.2) is 0 Å². The first-order valence-corrected chi connectivity index (χ1v) is 7.67. The van der Waals surface area contributed by atoms with E-state index in [4.69, 9.17) is 10.5 Å². The molecule has 2 saturated heterocycles. The molecule has 1 atom stereocenters. The molecule has 0 aromatic heterocycles. The summed E-state index contributed by atoms with van der Waals surface area (Å²) >= 11 is 0. The fourth-order valence-corrected chi connectivity index (χ4v) is 3.04. The van der Waals surface area contributed by atoms with Crippen molar-refractivity contribution in [2.75, 3.05) is 39.0 Å². The molecule has 1 amide bonds. The average Bonchev–Trinajstić information content (AvgIpc) is 3.12. The van der Waals surface area contributed by atoms with Crippen LogP contribution in [-0.4, -0.2) is 55.0 Å². The van der Waals surface area contributed by atoms with Gasteiger partial charge in [0, 0.05) is 31.7 Å². The van der Waals surface area contributed by atoms with Crippen LogP contribution in [0, 0.1) is 0 Å². The van der Waals surface area contributed by atoms with E-state index in [2.05, 4.69) is 11.9 Å². The number of nitrogens with zero attached hydrogens (tertiary/aromatic N) is 2. The van der Waals surface area contributed by atoms with Crippen molar-refractivity contribution in [1.29, 1.82) is 0 Å². The number of carbonyl (C=O) groups is 1. The third-order valence-corrected chi connectivity index (χ3v) is 4.30. The molecule has 0 aliphatic carbocycles. The molecule has 5 nitrogen and oxygen atoms in total. The van der Waals surface area contributed by atoms with E-state index in [1.165, 1.54) is 0 Å². The Morgan fingerprint density at radius 1 is 1.29 bits per heavy atom. The summed E-state index contributed by atoms with van der Waals surface area (Å²) in [6.07, 6.45) is 3.35. The topological polar surface area (TPSA) is 58.8 Å². The highest BCUT2D eigenvalue weighted by molar-refractivity contribution is 5.95. The van der Waals surface area contributed by atoms with E-state index in [0.29, 0.717) is 17.0 Å². The fourth-order valence-electron chi connectivity index (χ4n) is 3.04. The summed E-state index contributed by atoms with van der Waals surface area (Å²) in [5, 5.41) is 0. The van der Waals surface area contributed by atoms with Gasteiger partial charge in [-0.2, -0.15) is 0 Å². The fraction of sp³-hybridized carbons (Fsp3) is 0.562. The summed E-state index contributed by atoms with van der Waals surface area (Å²) in [6, 6.07) is 5.37. The van der Waals surface area contributed by atoms with Crippen LogP contribution in [0.4, 0.5) is 5.69 Å². The average molecular weight is 289 g/mol. The van der Waals surface area contributed by atoms with Crippen molar-refractivity contribution in [2.45, 2.75) is 25.4 Å².